The molecule has 1 atom stereocenters. The highest BCUT2D eigenvalue weighted by Crippen LogP contribution is 2.32. The third-order valence-electron chi connectivity index (χ3n) is 6.19. The van der Waals surface area contributed by atoms with Gasteiger partial charge >= 0.3 is 0 Å². The lowest BCUT2D eigenvalue weighted by atomic mass is 9.93. The Bertz CT molecular complexity index is 820. The van der Waals surface area contributed by atoms with E-state index in [1.54, 1.807) is 11.0 Å². The summed E-state index contributed by atoms with van der Waals surface area (Å²) < 4.78 is 14.3. The van der Waals surface area contributed by atoms with E-state index >= 15 is 0 Å². The molecule has 2 fully saturated rings. The molecule has 0 aliphatic carbocycles. The van der Waals surface area contributed by atoms with Gasteiger partial charge in [-0.05, 0) is 36.5 Å². The lowest BCUT2D eigenvalue weighted by Crippen LogP contribution is -2.52. The maximum absolute atomic E-state index is 14.3. The van der Waals surface area contributed by atoms with Gasteiger partial charge in [0.15, 0.2) is 0 Å². The van der Waals surface area contributed by atoms with Crippen LogP contribution >= 0.6 is 0 Å². The summed E-state index contributed by atoms with van der Waals surface area (Å²) in [4.78, 5) is 40.2. The van der Waals surface area contributed by atoms with E-state index in [0.29, 0.717) is 51.0 Å². The Morgan fingerprint density at radius 1 is 1.21 bits per heavy atom. The van der Waals surface area contributed by atoms with Crippen molar-refractivity contribution in [3.63, 3.8) is 0 Å². The van der Waals surface area contributed by atoms with Crippen LogP contribution in [0.15, 0.2) is 18.2 Å². The van der Waals surface area contributed by atoms with Crippen molar-refractivity contribution in [3.05, 3.63) is 34.9 Å². The molecule has 0 spiro atoms. The van der Waals surface area contributed by atoms with Crippen LogP contribution in [-0.2, 0) is 22.7 Å². The number of halogens is 1. The Morgan fingerprint density at radius 2 is 1.96 bits per heavy atom. The molecule has 0 saturated carbocycles. The number of hydrogen-bond donors (Lipinski definition) is 2. The van der Waals surface area contributed by atoms with Crippen LogP contribution in [0.4, 0.5) is 4.39 Å². The maximum Gasteiger partial charge on any atom is 0.255 e. The van der Waals surface area contributed by atoms with Gasteiger partial charge in [-0.2, -0.15) is 0 Å². The molecule has 0 aromatic heterocycles. The molecule has 1 aromatic carbocycles. The third-order valence-corrected chi connectivity index (χ3v) is 6.19. The van der Waals surface area contributed by atoms with Gasteiger partial charge in [-0.3, -0.25) is 24.6 Å². The summed E-state index contributed by atoms with van der Waals surface area (Å²) in [5.74, 6) is -0.871. The first-order chi connectivity index (χ1) is 13.4. The maximum atomic E-state index is 14.3. The Morgan fingerprint density at radius 3 is 2.64 bits per heavy atom. The van der Waals surface area contributed by atoms with Gasteiger partial charge in [-0.1, -0.05) is 12.1 Å². The highest BCUT2D eigenvalue weighted by Gasteiger charge is 2.40. The van der Waals surface area contributed by atoms with Crippen LogP contribution in [0.25, 0.3) is 0 Å². The fourth-order valence-electron chi connectivity index (χ4n) is 4.35. The molecule has 3 aliphatic rings. The summed E-state index contributed by atoms with van der Waals surface area (Å²) >= 11 is 0. The number of alkyl halides is 1. The number of hydrogen-bond acceptors (Lipinski definition) is 5. The zero-order valence-corrected chi connectivity index (χ0v) is 15.7. The Hall–Kier alpha value is -2.32. The van der Waals surface area contributed by atoms with Crippen LogP contribution in [0.3, 0.4) is 0 Å². The molecule has 7 nitrogen and oxygen atoms in total. The fraction of sp³-hybridized carbons (Fsp3) is 0.550. The van der Waals surface area contributed by atoms with Gasteiger partial charge in [0.2, 0.25) is 11.8 Å². The first kappa shape index (κ1) is 19.0. The Kier molecular flexibility index (Phi) is 4.93. The number of likely N-dealkylation sites (tertiary alicyclic amines) is 1. The van der Waals surface area contributed by atoms with Crippen molar-refractivity contribution in [3.8, 4) is 0 Å². The van der Waals surface area contributed by atoms with Crippen molar-refractivity contribution < 1.29 is 18.8 Å². The second-order valence-electron chi connectivity index (χ2n) is 7.97. The fourth-order valence-corrected chi connectivity index (χ4v) is 4.35. The molecule has 3 heterocycles. The van der Waals surface area contributed by atoms with Gasteiger partial charge < -0.3 is 10.6 Å². The number of benzene rings is 1. The molecule has 4 rings (SSSR count). The summed E-state index contributed by atoms with van der Waals surface area (Å²) in [7, 11) is 0. The second kappa shape index (κ2) is 7.25. The van der Waals surface area contributed by atoms with E-state index in [0.717, 1.165) is 11.1 Å². The van der Waals surface area contributed by atoms with Crippen LogP contribution in [0.5, 0.6) is 0 Å². The van der Waals surface area contributed by atoms with E-state index in [1.807, 2.05) is 12.1 Å². The van der Waals surface area contributed by atoms with Crippen LogP contribution in [0.1, 0.15) is 47.2 Å². The molecular formula is C20H25FN4O3. The SMILES string of the molecule is NCC1(F)CCN(Cc2cccc3c2CN(C2CCC(=O)NC2=O)C3=O)CC1. The number of carbonyl (C=O) groups is 3. The largest absolute Gasteiger partial charge is 0.328 e. The first-order valence-corrected chi connectivity index (χ1v) is 9.77. The third kappa shape index (κ3) is 3.42. The summed E-state index contributed by atoms with van der Waals surface area (Å²) in [6.07, 6.45) is 1.42. The number of fused-ring (bicyclic) bond motifs is 1. The zero-order chi connectivity index (χ0) is 19.9. The van der Waals surface area contributed by atoms with Crippen LogP contribution in [0.2, 0.25) is 0 Å². The predicted molar refractivity (Wildman–Crippen MR) is 99.9 cm³/mol. The lowest BCUT2D eigenvalue weighted by molar-refractivity contribution is -0.136. The molecule has 28 heavy (non-hydrogen) atoms. The summed E-state index contributed by atoms with van der Waals surface area (Å²) in [5.41, 5.74) is 6.83. The van der Waals surface area contributed by atoms with Crippen LogP contribution < -0.4 is 11.1 Å². The molecule has 8 heteroatoms. The van der Waals surface area contributed by atoms with E-state index in [9.17, 15) is 18.8 Å². The molecular weight excluding hydrogens is 363 g/mol. The van der Waals surface area contributed by atoms with Gasteiger partial charge in [0, 0.05) is 44.7 Å². The molecule has 3 amide bonds. The molecule has 3 aliphatic heterocycles. The summed E-state index contributed by atoms with van der Waals surface area (Å²) in [6.45, 7) is 2.31. The average Bonchev–Trinajstić information content (AvgIpc) is 3.02. The molecule has 150 valence electrons. The Labute approximate surface area is 163 Å². The number of nitrogens with zero attached hydrogens (tertiary/aromatic N) is 2. The van der Waals surface area contributed by atoms with Crippen molar-refractivity contribution >= 4 is 17.7 Å². The van der Waals surface area contributed by atoms with E-state index in [1.165, 1.54) is 0 Å². The molecule has 2 saturated heterocycles. The molecule has 1 aromatic rings. The lowest BCUT2D eigenvalue weighted by Gasteiger charge is -2.36. The van der Waals surface area contributed by atoms with E-state index in [2.05, 4.69) is 10.2 Å². The van der Waals surface area contributed by atoms with Crippen molar-refractivity contribution in [2.75, 3.05) is 19.6 Å². The number of nitrogens with one attached hydrogen (secondary N) is 1. The van der Waals surface area contributed by atoms with Crippen LogP contribution in [-0.4, -0.2) is 58.9 Å². The minimum atomic E-state index is -1.27. The van der Waals surface area contributed by atoms with E-state index in [4.69, 9.17) is 5.73 Å². The second-order valence-corrected chi connectivity index (χ2v) is 7.97. The zero-order valence-electron chi connectivity index (χ0n) is 15.7. The molecule has 1 unspecified atom stereocenters. The summed E-state index contributed by atoms with van der Waals surface area (Å²) in [5, 5.41) is 2.32. The van der Waals surface area contributed by atoms with Gasteiger partial charge in [-0.25, -0.2) is 4.39 Å². The van der Waals surface area contributed by atoms with Crippen molar-refractivity contribution in [1.82, 2.24) is 15.1 Å². The number of carbonyl (C=O) groups excluding carboxylic acids is 3. The highest BCUT2D eigenvalue weighted by molar-refractivity contribution is 6.05. The monoisotopic (exact) mass is 388 g/mol. The van der Waals surface area contributed by atoms with Gasteiger partial charge in [0.1, 0.15) is 11.7 Å². The van der Waals surface area contributed by atoms with Crippen molar-refractivity contribution in [2.24, 2.45) is 5.73 Å². The number of amides is 3. The predicted octanol–water partition coefficient (Wildman–Crippen LogP) is 0.710. The van der Waals surface area contributed by atoms with Gasteiger partial charge in [0.05, 0.1) is 0 Å². The summed E-state index contributed by atoms with van der Waals surface area (Å²) in [6, 6.07) is 5.01. The molecule has 3 N–H and O–H groups in total. The van der Waals surface area contributed by atoms with Gasteiger partial charge in [-0.15, -0.1) is 0 Å². The number of rotatable bonds is 4. The number of nitrogens with two attached hydrogens (primary N) is 1. The minimum absolute atomic E-state index is 0.0526. The van der Waals surface area contributed by atoms with Crippen LogP contribution in [0, 0.1) is 0 Å². The number of piperidine rings is 2. The quantitative estimate of drug-likeness (QED) is 0.741. The van der Waals surface area contributed by atoms with E-state index < -0.39 is 17.6 Å². The van der Waals surface area contributed by atoms with Crippen molar-refractivity contribution in [1.29, 1.82) is 0 Å². The minimum Gasteiger partial charge on any atom is -0.328 e. The Balaban J connectivity index is 1.49. The first-order valence-electron chi connectivity index (χ1n) is 9.77. The normalized spacial score (nSPS) is 25.0. The smallest absolute Gasteiger partial charge is 0.255 e. The van der Waals surface area contributed by atoms with Gasteiger partial charge in [0.25, 0.3) is 5.91 Å². The number of imide groups is 1. The molecule has 0 bridgehead atoms. The molecule has 0 radical (unpaired) electrons. The highest BCUT2D eigenvalue weighted by atomic mass is 19.1. The average molecular weight is 388 g/mol. The standard InChI is InChI=1S/C20H25FN4O3/c21-20(12-22)6-8-24(9-7-20)10-13-2-1-3-14-15(13)11-25(19(14)28)16-4-5-17(26)23-18(16)27/h1-3,16H,4-12,22H2,(H,23,26,27). The van der Waals surface area contributed by atoms with E-state index in [-0.39, 0.29) is 24.8 Å². The topological polar surface area (TPSA) is 95.7 Å². The van der Waals surface area contributed by atoms with Crippen molar-refractivity contribution in [2.45, 2.75) is 50.5 Å².